The average Bonchev–Trinajstić information content (AvgIpc) is 2.61. The van der Waals surface area contributed by atoms with Gasteiger partial charge in [-0.15, -0.1) is 0 Å². The Labute approximate surface area is 136 Å². The van der Waals surface area contributed by atoms with Crippen molar-refractivity contribution in [3.8, 4) is 5.75 Å². The molecule has 0 heterocycles. The lowest BCUT2D eigenvalue weighted by molar-refractivity contribution is 0.474. The minimum atomic E-state index is 0.285. The van der Waals surface area contributed by atoms with Gasteiger partial charge in [0.1, 0.15) is 5.75 Å². The molecule has 23 heavy (non-hydrogen) atoms. The van der Waals surface area contributed by atoms with Crippen molar-refractivity contribution in [1.29, 1.82) is 0 Å². The Hall–Kier alpha value is -3.06. The molecule has 0 bridgehead atoms. The third-order valence-corrected chi connectivity index (χ3v) is 3.61. The van der Waals surface area contributed by atoms with Gasteiger partial charge in [-0.2, -0.15) is 0 Å². The molecule has 1 N–H and O–H groups in total. The Morgan fingerprint density at radius 2 is 1.09 bits per heavy atom. The van der Waals surface area contributed by atoms with Gasteiger partial charge in [0.05, 0.1) is 0 Å². The lowest BCUT2D eigenvalue weighted by Crippen LogP contribution is -1.82. The molecule has 112 valence electrons. The van der Waals surface area contributed by atoms with Crippen molar-refractivity contribution in [3.63, 3.8) is 0 Å². The van der Waals surface area contributed by atoms with Crippen molar-refractivity contribution in [3.05, 3.63) is 101 Å². The maximum atomic E-state index is 10.2. The zero-order valence-corrected chi connectivity index (χ0v) is 12.8. The van der Waals surface area contributed by atoms with E-state index < -0.39 is 0 Å². The number of rotatable bonds is 4. The molecule has 0 aromatic heterocycles. The molecular formula is C22H18O. The van der Waals surface area contributed by atoms with Crippen LogP contribution in [0.1, 0.15) is 22.3 Å². The Morgan fingerprint density at radius 1 is 0.522 bits per heavy atom. The van der Waals surface area contributed by atoms with Crippen molar-refractivity contribution in [1.82, 2.24) is 0 Å². The zero-order valence-electron chi connectivity index (χ0n) is 12.8. The second-order valence-corrected chi connectivity index (χ2v) is 5.27. The Balaban J connectivity index is 1.91. The third kappa shape index (κ3) is 3.98. The van der Waals surface area contributed by atoms with Crippen molar-refractivity contribution >= 4 is 24.3 Å². The zero-order chi connectivity index (χ0) is 15.9. The summed E-state index contributed by atoms with van der Waals surface area (Å²) in [4.78, 5) is 0. The molecule has 1 nitrogen and oxygen atoms in total. The van der Waals surface area contributed by atoms with Crippen LogP contribution in [-0.2, 0) is 0 Å². The van der Waals surface area contributed by atoms with Crippen LogP contribution in [0.15, 0.2) is 78.9 Å². The van der Waals surface area contributed by atoms with Crippen molar-refractivity contribution in [2.24, 2.45) is 0 Å². The first-order chi connectivity index (χ1) is 11.3. The van der Waals surface area contributed by atoms with Crippen LogP contribution in [0.4, 0.5) is 0 Å². The van der Waals surface area contributed by atoms with Crippen LogP contribution in [0, 0.1) is 0 Å². The molecule has 0 atom stereocenters. The van der Waals surface area contributed by atoms with E-state index >= 15 is 0 Å². The van der Waals surface area contributed by atoms with E-state index in [2.05, 4.69) is 18.2 Å². The Bertz CT molecular complexity index is 815. The highest BCUT2D eigenvalue weighted by atomic mass is 16.3. The lowest BCUT2D eigenvalue weighted by Gasteiger charge is -2.04. The minimum absolute atomic E-state index is 0.285. The molecular weight excluding hydrogens is 280 g/mol. The van der Waals surface area contributed by atoms with Gasteiger partial charge in [-0.25, -0.2) is 0 Å². The molecule has 0 fully saturated rings. The second-order valence-electron chi connectivity index (χ2n) is 5.27. The monoisotopic (exact) mass is 298 g/mol. The van der Waals surface area contributed by atoms with Crippen LogP contribution in [0.2, 0.25) is 0 Å². The molecule has 3 aromatic carbocycles. The van der Waals surface area contributed by atoms with E-state index in [1.807, 2.05) is 78.9 Å². The molecule has 0 aliphatic rings. The molecule has 0 saturated heterocycles. The largest absolute Gasteiger partial charge is 0.507 e. The van der Waals surface area contributed by atoms with Crippen LogP contribution >= 0.6 is 0 Å². The topological polar surface area (TPSA) is 20.2 Å². The van der Waals surface area contributed by atoms with E-state index in [9.17, 15) is 5.11 Å². The number of benzene rings is 3. The Kier molecular flexibility index (Phi) is 4.70. The van der Waals surface area contributed by atoms with Crippen LogP contribution in [0.3, 0.4) is 0 Å². The first-order valence-electron chi connectivity index (χ1n) is 7.61. The van der Waals surface area contributed by atoms with E-state index in [4.69, 9.17) is 0 Å². The fourth-order valence-electron chi connectivity index (χ4n) is 2.39. The fraction of sp³-hybridized carbons (Fsp3) is 0. The first kappa shape index (κ1) is 14.9. The number of phenols is 1. The van der Waals surface area contributed by atoms with Gasteiger partial charge in [0.2, 0.25) is 0 Å². The summed E-state index contributed by atoms with van der Waals surface area (Å²) < 4.78 is 0. The van der Waals surface area contributed by atoms with Gasteiger partial charge in [0.25, 0.3) is 0 Å². The fourth-order valence-corrected chi connectivity index (χ4v) is 2.39. The molecule has 0 unspecified atom stereocenters. The van der Waals surface area contributed by atoms with Crippen LogP contribution in [-0.4, -0.2) is 5.11 Å². The van der Waals surface area contributed by atoms with Gasteiger partial charge in [-0.3, -0.25) is 0 Å². The first-order valence-corrected chi connectivity index (χ1v) is 7.61. The Morgan fingerprint density at radius 3 is 1.70 bits per heavy atom. The molecule has 0 spiro atoms. The van der Waals surface area contributed by atoms with Crippen LogP contribution in [0.5, 0.6) is 5.75 Å². The van der Waals surface area contributed by atoms with Crippen LogP contribution < -0.4 is 0 Å². The van der Waals surface area contributed by atoms with E-state index in [-0.39, 0.29) is 5.75 Å². The molecule has 0 radical (unpaired) electrons. The molecule has 0 aliphatic carbocycles. The minimum Gasteiger partial charge on any atom is -0.507 e. The summed E-state index contributed by atoms with van der Waals surface area (Å²) in [6.07, 6.45) is 8.04. The second kappa shape index (κ2) is 7.28. The van der Waals surface area contributed by atoms with E-state index in [0.29, 0.717) is 0 Å². The van der Waals surface area contributed by atoms with E-state index in [1.165, 1.54) is 0 Å². The highest BCUT2D eigenvalue weighted by Gasteiger charge is 2.02. The van der Waals surface area contributed by atoms with Crippen molar-refractivity contribution in [2.45, 2.75) is 0 Å². The highest BCUT2D eigenvalue weighted by molar-refractivity contribution is 5.81. The number of hydrogen-bond donors (Lipinski definition) is 1. The summed E-state index contributed by atoms with van der Waals surface area (Å²) in [6, 6.07) is 25.8. The standard InChI is InChI=1S/C22H18O/c23-22-13-7-12-20(16-14-18-8-3-1-4-9-18)21(22)17-15-19-10-5-2-6-11-19/h1-17,23H. The smallest absolute Gasteiger partial charge is 0.123 e. The molecule has 3 rings (SSSR count). The molecule has 0 aliphatic heterocycles. The lowest BCUT2D eigenvalue weighted by atomic mass is 10.0. The summed E-state index contributed by atoms with van der Waals surface area (Å²) in [7, 11) is 0. The summed E-state index contributed by atoms with van der Waals surface area (Å²) in [5.74, 6) is 0.285. The van der Waals surface area contributed by atoms with Crippen molar-refractivity contribution in [2.75, 3.05) is 0 Å². The SMILES string of the molecule is Oc1cccc(C=Cc2ccccc2)c1C=Cc1ccccc1. The maximum Gasteiger partial charge on any atom is 0.123 e. The van der Waals surface area contributed by atoms with Gasteiger partial charge < -0.3 is 5.11 Å². The van der Waals surface area contributed by atoms with E-state index in [1.54, 1.807) is 6.07 Å². The van der Waals surface area contributed by atoms with Gasteiger partial charge >= 0.3 is 0 Å². The number of phenolic OH excluding ortho intramolecular Hbond substituents is 1. The number of hydrogen-bond acceptors (Lipinski definition) is 1. The molecule has 0 amide bonds. The predicted molar refractivity (Wildman–Crippen MR) is 98.8 cm³/mol. The summed E-state index contributed by atoms with van der Waals surface area (Å²) in [5.41, 5.74) is 4.05. The van der Waals surface area contributed by atoms with Gasteiger partial charge in [-0.1, -0.05) is 97.1 Å². The molecule has 0 saturated carbocycles. The van der Waals surface area contributed by atoms with Crippen molar-refractivity contribution < 1.29 is 5.11 Å². The maximum absolute atomic E-state index is 10.2. The molecule has 3 aromatic rings. The summed E-state index contributed by atoms with van der Waals surface area (Å²) in [5, 5.41) is 10.2. The predicted octanol–water partition coefficient (Wildman–Crippen LogP) is 5.73. The number of aromatic hydroxyl groups is 1. The average molecular weight is 298 g/mol. The highest BCUT2D eigenvalue weighted by Crippen LogP contribution is 2.25. The normalized spacial score (nSPS) is 11.3. The quantitative estimate of drug-likeness (QED) is 0.609. The van der Waals surface area contributed by atoms with E-state index in [0.717, 1.165) is 22.3 Å². The third-order valence-electron chi connectivity index (χ3n) is 3.61. The van der Waals surface area contributed by atoms with Crippen LogP contribution in [0.25, 0.3) is 24.3 Å². The van der Waals surface area contributed by atoms with Gasteiger partial charge in [0.15, 0.2) is 0 Å². The summed E-state index contributed by atoms with van der Waals surface area (Å²) >= 11 is 0. The molecule has 1 heteroatoms. The van der Waals surface area contributed by atoms with Gasteiger partial charge in [-0.05, 0) is 22.8 Å². The van der Waals surface area contributed by atoms with Gasteiger partial charge in [0, 0.05) is 5.56 Å². The summed E-state index contributed by atoms with van der Waals surface area (Å²) in [6.45, 7) is 0.